The number of rotatable bonds is 12. The van der Waals surface area contributed by atoms with Crippen molar-refractivity contribution < 1.29 is 14.2 Å². The Labute approximate surface area is 94.1 Å². The number of hydrogen-bond donors (Lipinski definition) is 0. The maximum Gasteiger partial charge on any atom is 0.146 e. The summed E-state index contributed by atoms with van der Waals surface area (Å²) in [7, 11) is 0. The molecule has 0 saturated heterocycles. The van der Waals surface area contributed by atoms with Crippen molar-refractivity contribution in [1.29, 1.82) is 0 Å². The second-order valence-electron chi connectivity index (χ2n) is 3.61. The van der Waals surface area contributed by atoms with Gasteiger partial charge in [0.05, 0.1) is 13.2 Å². The van der Waals surface area contributed by atoms with Crippen molar-refractivity contribution in [3.63, 3.8) is 0 Å². The molecule has 0 amide bonds. The normalized spacial score (nSPS) is 10.8. The quantitative estimate of drug-likeness (QED) is 0.372. The molecule has 0 atom stereocenters. The standard InChI is InChI=1S/C12H26O3/c1-3-5-6-7-9-14-12-15-11-10-13-8-4-2/h3-12H2,1-2H3. The summed E-state index contributed by atoms with van der Waals surface area (Å²) in [5.41, 5.74) is 0. The summed E-state index contributed by atoms with van der Waals surface area (Å²) < 4.78 is 15.8. The predicted octanol–water partition coefficient (Wildman–Crippen LogP) is 2.98. The van der Waals surface area contributed by atoms with E-state index in [1.807, 2.05) is 0 Å². The summed E-state index contributed by atoms with van der Waals surface area (Å²) in [6.45, 7) is 7.65. The highest BCUT2D eigenvalue weighted by molar-refractivity contribution is 4.38. The molecule has 0 heterocycles. The molecular weight excluding hydrogens is 192 g/mol. The summed E-state index contributed by atoms with van der Waals surface area (Å²) in [5.74, 6) is 0. The van der Waals surface area contributed by atoms with E-state index >= 15 is 0 Å². The molecule has 0 fully saturated rings. The van der Waals surface area contributed by atoms with Crippen molar-refractivity contribution in [3.8, 4) is 0 Å². The summed E-state index contributed by atoms with van der Waals surface area (Å²) in [6.07, 6.45) is 6.04. The van der Waals surface area contributed by atoms with Gasteiger partial charge in [-0.25, -0.2) is 0 Å². The van der Waals surface area contributed by atoms with Gasteiger partial charge in [-0.1, -0.05) is 33.1 Å². The van der Waals surface area contributed by atoms with E-state index in [2.05, 4.69) is 13.8 Å². The lowest BCUT2D eigenvalue weighted by atomic mass is 10.2. The SMILES string of the molecule is CCCCCCOCOCCOCCC. The first kappa shape index (κ1) is 14.9. The Hall–Kier alpha value is -0.120. The molecule has 0 aromatic heterocycles. The zero-order chi connectivity index (χ0) is 11.2. The van der Waals surface area contributed by atoms with Crippen LogP contribution in [-0.2, 0) is 14.2 Å². The maximum absolute atomic E-state index is 5.31. The van der Waals surface area contributed by atoms with Crippen molar-refractivity contribution >= 4 is 0 Å². The molecule has 3 nitrogen and oxygen atoms in total. The molecule has 0 spiro atoms. The lowest BCUT2D eigenvalue weighted by Crippen LogP contribution is -2.08. The van der Waals surface area contributed by atoms with Gasteiger partial charge in [0, 0.05) is 13.2 Å². The van der Waals surface area contributed by atoms with Gasteiger partial charge in [0.15, 0.2) is 0 Å². The van der Waals surface area contributed by atoms with E-state index in [1.54, 1.807) is 0 Å². The monoisotopic (exact) mass is 218 g/mol. The molecule has 0 aliphatic heterocycles. The third-order valence-corrected chi connectivity index (χ3v) is 2.03. The van der Waals surface area contributed by atoms with Crippen LogP contribution in [0.2, 0.25) is 0 Å². The van der Waals surface area contributed by atoms with Gasteiger partial charge in [-0.05, 0) is 12.8 Å². The van der Waals surface area contributed by atoms with E-state index < -0.39 is 0 Å². The molecular formula is C12H26O3. The van der Waals surface area contributed by atoms with Crippen molar-refractivity contribution in [2.24, 2.45) is 0 Å². The molecule has 0 aliphatic carbocycles. The molecule has 0 bridgehead atoms. The van der Waals surface area contributed by atoms with Crippen molar-refractivity contribution in [2.75, 3.05) is 33.2 Å². The minimum atomic E-state index is 0.404. The van der Waals surface area contributed by atoms with Gasteiger partial charge in [-0.15, -0.1) is 0 Å². The van der Waals surface area contributed by atoms with Crippen LogP contribution in [0.1, 0.15) is 46.0 Å². The van der Waals surface area contributed by atoms with Crippen LogP contribution in [0, 0.1) is 0 Å². The summed E-state index contributed by atoms with van der Waals surface area (Å²) in [6, 6.07) is 0. The van der Waals surface area contributed by atoms with E-state index in [-0.39, 0.29) is 0 Å². The van der Waals surface area contributed by atoms with Gasteiger partial charge in [0.1, 0.15) is 6.79 Å². The molecule has 3 heteroatoms. The van der Waals surface area contributed by atoms with Gasteiger partial charge in [-0.2, -0.15) is 0 Å². The van der Waals surface area contributed by atoms with Crippen LogP contribution in [0.5, 0.6) is 0 Å². The van der Waals surface area contributed by atoms with Crippen LogP contribution < -0.4 is 0 Å². The van der Waals surface area contributed by atoms with E-state index in [0.717, 1.165) is 26.1 Å². The van der Waals surface area contributed by atoms with Gasteiger partial charge in [0.25, 0.3) is 0 Å². The summed E-state index contributed by atoms with van der Waals surface area (Å²) in [4.78, 5) is 0. The van der Waals surface area contributed by atoms with Gasteiger partial charge >= 0.3 is 0 Å². The number of hydrogen-bond acceptors (Lipinski definition) is 3. The zero-order valence-electron chi connectivity index (χ0n) is 10.3. The van der Waals surface area contributed by atoms with Gasteiger partial charge in [-0.3, -0.25) is 0 Å². The average molecular weight is 218 g/mol. The molecule has 92 valence electrons. The van der Waals surface area contributed by atoms with Crippen molar-refractivity contribution in [3.05, 3.63) is 0 Å². The lowest BCUT2D eigenvalue weighted by molar-refractivity contribution is -0.0699. The Morgan fingerprint density at radius 1 is 0.600 bits per heavy atom. The highest BCUT2D eigenvalue weighted by Crippen LogP contribution is 1.98. The third kappa shape index (κ3) is 13.9. The molecule has 0 saturated carbocycles. The van der Waals surface area contributed by atoms with E-state index in [9.17, 15) is 0 Å². The zero-order valence-corrected chi connectivity index (χ0v) is 10.3. The fraction of sp³-hybridized carbons (Fsp3) is 1.00. The molecule has 0 aromatic carbocycles. The van der Waals surface area contributed by atoms with Crippen LogP contribution in [0.4, 0.5) is 0 Å². The molecule has 0 aliphatic rings. The first-order valence-electron chi connectivity index (χ1n) is 6.15. The highest BCUT2D eigenvalue weighted by Gasteiger charge is 1.90. The first-order valence-corrected chi connectivity index (χ1v) is 6.15. The Bertz CT molecular complexity index is 95.0. The lowest BCUT2D eigenvalue weighted by Gasteiger charge is -2.06. The topological polar surface area (TPSA) is 27.7 Å². The highest BCUT2D eigenvalue weighted by atomic mass is 16.7. The number of unbranched alkanes of at least 4 members (excludes halogenated alkanes) is 3. The third-order valence-electron chi connectivity index (χ3n) is 2.03. The molecule has 0 radical (unpaired) electrons. The minimum absolute atomic E-state index is 0.404. The minimum Gasteiger partial charge on any atom is -0.379 e. The van der Waals surface area contributed by atoms with Crippen LogP contribution in [-0.4, -0.2) is 33.2 Å². The van der Waals surface area contributed by atoms with Crippen molar-refractivity contribution in [2.45, 2.75) is 46.0 Å². The summed E-state index contributed by atoms with van der Waals surface area (Å²) >= 11 is 0. The van der Waals surface area contributed by atoms with E-state index in [4.69, 9.17) is 14.2 Å². The second kappa shape index (κ2) is 13.9. The molecule has 0 aromatic rings. The molecule has 0 N–H and O–H groups in total. The Kier molecular flexibility index (Phi) is 13.8. The van der Waals surface area contributed by atoms with Crippen LogP contribution in [0.3, 0.4) is 0 Å². The number of ether oxygens (including phenoxy) is 3. The molecule has 0 unspecified atom stereocenters. The maximum atomic E-state index is 5.31. The first-order chi connectivity index (χ1) is 7.41. The van der Waals surface area contributed by atoms with Crippen LogP contribution >= 0.6 is 0 Å². The average Bonchev–Trinajstić information content (AvgIpc) is 2.26. The van der Waals surface area contributed by atoms with E-state index in [0.29, 0.717) is 20.0 Å². The van der Waals surface area contributed by atoms with Crippen LogP contribution in [0.15, 0.2) is 0 Å². The Balaban J connectivity index is 2.81. The second-order valence-corrected chi connectivity index (χ2v) is 3.61. The van der Waals surface area contributed by atoms with E-state index in [1.165, 1.54) is 19.3 Å². The molecule has 0 rings (SSSR count). The molecule has 15 heavy (non-hydrogen) atoms. The fourth-order valence-corrected chi connectivity index (χ4v) is 1.17. The Morgan fingerprint density at radius 2 is 1.33 bits per heavy atom. The van der Waals surface area contributed by atoms with Crippen molar-refractivity contribution in [1.82, 2.24) is 0 Å². The van der Waals surface area contributed by atoms with Crippen LogP contribution in [0.25, 0.3) is 0 Å². The Morgan fingerprint density at radius 3 is 2.07 bits per heavy atom. The summed E-state index contributed by atoms with van der Waals surface area (Å²) in [5, 5.41) is 0. The fourth-order valence-electron chi connectivity index (χ4n) is 1.17. The predicted molar refractivity (Wildman–Crippen MR) is 62.0 cm³/mol. The largest absolute Gasteiger partial charge is 0.379 e. The van der Waals surface area contributed by atoms with Gasteiger partial charge in [0.2, 0.25) is 0 Å². The van der Waals surface area contributed by atoms with Gasteiger partial charge < -0.3 is 14.2 Å². The smallest absolute Gasteiger partial charge is 0.146 e.